The molecule has 2 aromatic carbocycles. The second-order valence-corrected chi connectivity index (χ2v) is 7.20. The number of hydrogen-bond donors (Lipinski definition) is 2. The van der Waals surface area contributed by atoms with E-state index in [2.05, 4.69) is 34.9 Å². The highest BCUT2D eigenvalue weighted by Gasteiger charge is 2.14. The third kappa shape index (κ3) is 6.72. The summed E-state index contributed by atoms with van der Waals surface area (Å²) in [5.74, 6) is 0.720. The molecule has 3 rings (SSSR count). The molecule has 0 heterocycles. The van der Waals surface area contributed by atoms with E-state index in [1.54, 1.807) is 0 Å². The van der Waals surface area contributed by atoms with E-state index in [1.807, 2.05) is 30.3 Å². The van der Waals surface area contributed by atoms with Gasteiger partial charge in [-0.2, -0.15) is 0 Å². The summed E-state index contributed by atoms with van der Waals surface area (Å²) < 4.78 is 5.92. The van der Waals surface area contributed by atoms with Crippen LogP contribution in [-0.4, -0.2) is 25.1 Å². The van der Waals surface area contributed by atoms with Gasteiger partial charge < -0.3 is 15.4 Å². The molecule has 1 saturated carbocycles. The second-order valence-electron chi connectivity index (χ2n) is 7.20. The van der Waals surface area contributed by atoms with Gasteiger partial charge in [-0.1, -0.05) is 61.7 Å². The van der Waals surface area contributed by atoms with Crippen LogP contribution in [0.3, 0.4) is 0 Å². The van der Waals surface area contributed by atoms with Crippen LogP contribution in [0.15, 0.2) is 54.6 Å². The number of amides is 1. The van der Waals surface area contributed by atoms with Crippen molar-refractivity contribution in [1.82, 2.24) is 5.32 Å². The Morgan fingerprint density at radius 2 is 1.70 bits per heavy atom. The van der Waals surface area contributed by atoms with Crippen molar-refractivity contribution in [3.63, 3.8) is 0 Å². The number of anilines is 1. The zero-order chi connectivity index (χ0) is 18.7. The molecule has 144 valence electrons. The predicted molar refractivity (Wildman–Crippen MR) is 110 cm³/mol. The van der Waals surface area contributed by atoms with Crippen LogP contribution in [0.25, 0.3) is 0 Å². The Hall–Kier alpha value is -2.33. The topological polar surface area (TPSA) is 50.4 Å². The molecule has 0 unspecified atom stereocenters. The maximum atomic E-state index is 12.3. The number of nitrogens with one attached hydrogen (secondary N) is 2. The normalized spacial score (nSPS) is 14.7. The van der Waals surface area contributed by atoms with Gasteiger partial charge in [0.1, 0.15) is 5.75 Å². The molecule has 1 fully saturated rings. The van der Waals surface area contributed by atoms with Gasteiger partial charge in [0.2, 0.25) is 5.91 Å². The fourth-order valence-electron chi connectivity index (χ4n) is 3.54. The van der Waals surface area contributed by atoms with E-state index in [9.17, 15) is 4.79 Å². The number of carbonyl (C=O) groups excluding carboxylic acids is 1. The molecule has 1 aliphatic rings. The molecule has 0 atom stereocenters. The summed E-state index contributed by atoms with van der Waals surface area (Å²) in [6.45, 7) is 0.981. The number of aryl methyl sites for hydroxylation is 1. The fraction of sp³-hybridized carbons (Fsp3) is 0.435. The largest absolute Gasteiger partial charge is 0.491 e. The monoisotopic (exact) mass is 366 g/mol. The minimum atomic E-state index is -0.0130. The Balaban J connectivity index is 1.43. The van der Waals surface area contributed by atoms with Gasteiger partial charge in [0.25, 0.3) is 0 Å². The first-order valence-corrected chi connectivity index (χ1v) is 10.1. The molecule has 0 radical (unpaired) electrons. The van der Waals surface area contributed by atoms with Crippen LogP contribution in [0.4, 0.5) is 5.69 Å². The van der Waals surface area contributed by atoms with Crippen LogP contribution in [-0.2, 0) is 11.2 Å². The number of ether oxygens (including phenoxy) is 1. The minimum Gasteiger partial charge on any atom is -0.491 e. The first-order valence-electron chi connectivity index (χ1n) is 10.1. The highest BCUT2D eigenvalue weighted by Crippen LogP contribution is 2.24. The number of benzene rings is 2. The van der Waals surface area contributed by atoms with Gasteiger partial charge in [-0.3, -0.25) is 4.79 Å². The van der Waals surface area contributed by atoms with Crippen LogP contribution in [0.1, 0.15) is 44.1 Å². The predicted octanol–water partition coefficient (Wildman–Crippen LogP) is 4.56. The molecule has 27 heavy (non-hydrogen) atoms. The van der Waals surface area contributed by atoms with Crippen LogP contribution in [0.5, 0.6) is 5.75 Å². The highest BCUT2D eigenvalue weighted by atomic mass is 16.5. The average Bonchev–Trinajstić information content (AvgIpc) is 2.72. The van der Waals surface area contributed by atoms with Crippen molar-refractivity contribution < 1.29 is 9.53 Å². The van der Waals surface area contributed by atoms with E-state index >= 15 is 0 Å². The lowest BCUT2D eigenvalue weighted by Crippen LogP contribution is -2.37. The molecule has 2 N–H and O–H groups in total. The van der Waals surface area contributed by atoms with Crippen molar-refractivity contribution in [2.24, 2.45) is 0 Å². The second kappa shape index (κ2) is 10.7. The quantitative estimate of drug-likeness (QED) is 0.640. The molecule has 0 aliphatic heterocycles. The van der Waals surface area contributed by atoms with E-state index in [-0.39, 0.29) is 5.91 Å². The standard InChI is InChI=1S/C23H30N2O2/c26-23(18-24-20-13-5-2-6-14-20)25-21-15-7-8-16-22(21)27-17-9-12-19-10-3-1-4-11-19/h1,3-4,7-8,10-11,15-16,20,24H,2,5-6,9,12-14,17-18H2,(H,25,26). The molecule has 1 aliphatic carbocycles. The SMILES string of the molecule is O=C(CNC1CCCCC1)Nc1ccccc1OCCCc1ccccc1. The fourth-order valence-corrected chi connectivity index (χ4v) is 3.54. The summed E-state index contributed by atoms with van der Waals surface area (Å²) in [7, 11) is 0. The molecular formula is C23H30N2O2. The molecule has 2 aromatic rings. The summed E-state index contributed by atoms with van der Waals surface area (Å²) in [5.41, 5.74) is 2.06. The molecule has 0 saturated heterocycles. The van der Waals surface area contributed by atoms with Gasteiger partial charge in [-0.05, 0) is 43.4 Å². The van der Waals surface area contributed by atoms with Gasteiger partial charge in [-0.15, -0.1) is 0 Å². The lowest BCUT2D eigenvalue weighted by molar-refractivity contribution is -0.115. The lowest BCUT2D eigenvalue weighted by atomic mass is 9.95. The summed E-state index contributed by atoms with van der Waals surface area (Å²) in [5, 5.41) is 6.36. The Kier molecular flexibility index (Phi) is 7.72. The Morgan fingerprint density at radius 1 is 0.963 bits per heavy atom. The van der Waals surface area contributed by atoms with Crippen molar-refractivity contribution >= 4 is 11.6 Å². The third-order valence-electron chi connectivity index (χ3n) is 5.03. The van der Waals surface area contributed by atoms with E-state index < -0.39 is 0 Å². The first kappa shape index (κ1) is 19.4. The molecule has 0 aromatic heterocycles. The van der Waals surface area contributed by atoms with Crippen LogP contribution in [0, 0.1) is 0 Å². The smallest absolute Gasteiger partial charge is 0.238 e. The lowest BCUT2D eigenvalue weighted by Gasteiger charge is -2.22. The van der Waals surface area contributed by atoms with Gasteiger partial charge in [0.05, 0.1) is 18.8 Å². The molecule has 4 nitrogen and oxygen atoms in total. The van der Waals surface area contributed by atoms with Crippen molar-refractivity contribution in [1.29, 1.82) is 0 Å². The molecule has 4 heteroatoms. The number of rotatable bonds is 9. The molecule has 0 bridgehead atoms. The Morgan fingerprint density at radius 3 is 2.52 bits per heavy atom. The van der Waals surface area contributed by atoms with Gasteiger partial charge in [0.15, 0.2) is 0 Å². The van der Waals surface area contributed by atoms with Gasteiger partial charge in [-0.25, -0.2) is 0 Å². The van der Waals surface area contributed by atoms with E-state index in [0.717, 1.165) is 24.3 Å². The van der Waals surface area contributed by atoms with Crippen molar-refractivity contribution in [2.45, 2.75) is 51.0 Å². The zero-order valence-electron chi connectivity index (χ0n) is 16.0. The number of para-hydroxylation sites is 2. The Bertz CT molecular complexity index is 697. The minimum absolute atomic E-state index is 0.0130. The first-order chi connectivity index (χ1) is 13.3. The summed E-state index contributed by atoms with van der Waals surface area (Å²) >= 11 is 0. The van der Waals surface area contributed by atoms with Crippen LogP contribution < -0.4 is 15.4 Å². The van der Waals surface area contributed by atoms with E-state index in [1.165, 1.54) is 37.7 Å². The highest BCUT2D eigenvalue weighted by molar-refractivity contribution is 5.93. The van der Waals surface area contributed by atoms with Crippen molar-refractivity contribution in [2.75, 3.05) is 18.5 Å². The zero-order valence-corrected chi connectivity index (χ0v) is 16.0. The molecule has 1 amide bonds. The van der Waals surface area contributed by atoms with Crippen LogP contribution in [0.2, 0.25) is 0 Å². The van der Waals surface area contributed by atoms with E-state index in [0.29, 0.717) is 19.2 Å². The summed E-state index contributed by atoms with van der Waals surface area (Å²) in [6, 6.07) is 18.5. The van der Waals surface area contributed by atoms with Crippen molar-refractivity contribution in [3.8, 4) is 5.75 Å². The van der Waals surface area contributed by atoms with Crippen LogP contribution >= 0.6 is 0 Å². The maximum Gasteiger partial charge on any atom is 0.238 e. The number of hydrogen-bond acceptors (Lipinski definition) is 3. The number of carbonyl (C=O) groups is 1. The van der Waals surface area contributed by atoms with E-state index in [4.69, 9.17) is 4.74 Å². The molecular weight excluding hydrogens is 336 g/mol. The maximum absolute atomic E-state index is 12.3. The Labute approximate surface area is 162 Å². The van der Waals surface area contributed by atoms with Gasteiger partial charge >= 0.3 is 0 Å². The van der Waals surface area contributed by atoms with Gasteiger partial charge in [0, 0.05) is 6.04 Å². The summed E-state index contributed by atoms with van der Waals surface area (Å²) in [4.78, 5) is 12.3. The summed E-state index contributed by atoms with van der Waals surface area (Å²) in [6.07, 6.45) is 8.12. The molecule has 0 spiro atoms. The van der Waals surface area contributed by atoms with Crippen molar-refractivity contribution in [3.05, 3.63) is 60.2 Å². The average molecular weight is 367 g/mol. The third-order valence-corrected chi connectivity index (χ3v) is 5.03.